The molecule has 9 heteroatoms. The third-order valence-corrected chi connectivity index (χ3v) is 6.78. The zero-order chi connectivity index (χ0) is 22.0. The van der Waals surface area contributed by atoms with Gasteiger partial charge in [-0.2, -0.15) is 0 Å². The lowest BCUT2D eigenvalue weighted by molar-refractivity contribution is -0.116. The first-order chi connectivity index (χ1) is 15.0. The molecule has 31 heavy (non-hydrogen) atoms. The lowest BCUT2D eigenvalue weighted by atomic mass is 10.0. The number of hydrogen-bond acceptors (Lipinski definition) is 6. The maximum Gasteiger partial charge on any atom is 0.240 e. The van der Waals surface area contributed by atoms with Crippen molar-refractivity contribution >= 4 is 35.0 Å². The Balaban J connectivity index is 1.70. The van der Waals surface area contributed by atoms with Crippen LogP contribution >= 0.6 is 23.4 Å². The zero-order valence-electron chi connectivity index (χ0n) is 17.6. The summed E-state index contributed by atoms with van der Waals surface area (Å²) in [6.45, 7) is 4.09. The number of carbonyl (C=O) groups is 1. The molecule has 0 aliphatic carbocycles. The number of ether oxygens (including phenoxy) is 1. The van der Waals surface area contributed by atoms with Crippen molar-refractivity contribution in [3.63, 3.8) is 0 Å². The topological polar surface area (TPSA) is 81.1 Å². The number of rotatable bonds is 6. The number of aromatic nitrogens is 3. The van der Waals surface area contributed by atoms with Crippen LogP contribution in [0.2, 0.25) is 5.02 Å². The average Bonchev–Trinajstić information content (AvgIpc) is 3.20. The van der Waals surface area contributed by atoms with E-state index in [1.807, 2.05) is 54.1 Å². The first-order valence-electron chi connectivity index (χ1n) is 10.1. The monoisotopic (exact) mass is 457 g/mol. The van der Waals surface area contributed by atoms with Crippen molar-refractivity contribution in [1.29, 1.82) is 0 Å². The average molecular weight is 458 g/mol. The number of halogens is 1. The van der Waals surface area contributed by atoms with Crippen LogP contribution in [0.1, 0.15) is 36.8 Å². The molecule has 2 heterocycles. The van der Waals surface area contributed by atoms with Gasteiger partial charge in [0, 0.05) is 12.1 Å². The molecule has 0 spiro atoms. The molecule has 2 N–H and O–H groups in total. The summed E-state index contributed by atoms with van der Waals surface area (Å²) >= 11 is 7.78. The van der Waals surface area contributed by atoms with Gasteiger partial charge in [-0.15, -0.1) is 10.2 Å². The lowest BCUT2D eigenvalue weighted by Crippen LogP contribution is -2.41. The van der Waals surface area contributed by atoms with Crippen LogP contribution in [0.3, 0.4) is 0 Å². The van der Waals surface area contributed by atoms with Crippen molar-refractivity contribution in [3.05, 3.63) is 64.4 Å². The van der Waals surface area contributed by atoms with Crippen molar-refractivity contribution in [2.24, 2.45) is 0 Å². The number of thioether (sulfide) groups is 1. The zero-order valence-corrected chi connectivity index (χ0v) is 19.1. The Bertz CT molecular complexity index is 1100. The standard InChI is InChI=1S/C22H24ClN5O2S/c1-4-13-8-6-7-9-16(13)24-21(29)20-19(14-10-11-17(30-3)15(23)12-14)27-28-18(5-2)25-26-22(28)31-20/h6-12,19-20,27H,4-5H2,1-3H3,(H,24,29)/t19-,20-/m1/s1. The molecule has 0 bridgehead atoms. The van der Waals surface area contributed by atoms with Gasteiger partial charge in [0.15, 0.2) is 5.82 Å². The first-order valence-corrected chi connectivity index (χ1v) is 11.4. The molecule has 7 nitrogen and oxygen atoms in total. The number of benzene rings is 2. The molecule has 0 unspecified atom stereocenters. The number of nitrogens with zero attached hydrogens (tertiary/aromatic N) is 3. The summed E-state index contributed by atoms with van der Waals surface area (Å²) in [4.78, 5) is 13.4. The van der Waals surface area contributed by atoms with Gasteiger partial charge in [-0.1, -0.05) is 61.5 Å². The summed E-state index contributed by atoms with van der Waals surface area (Å²) < 4.78 is 7.14. The van der Waals surface area contributed by atoms with E-state index in [1.165, 1.54) is 11.8 Å². The van der Waals surface area contributed by atoms with Gasteiger partial charge >= 0.3 is 0 Å². The molecule has 3 aromatic rings. The van der Waals surface area contributed by atoms with Gasteiger partial charge in [-0.05, 0) is 35.7 Å². The largest absolute Gasteiger partial charge is 0.495 e. The molecule has 2 aromatic carbocycles. The molecular formula is C22H24ClN5O2S. The molecule has 4 rings (SSSR count). The molecule has 0 radical (unpaired) electrons. The second-order valence-electron chi connectivity index (χ2n) is 7.13. The fourth-order valence-electron chi connectivity index (χ4n) is 3.61. The van der Waals surface area contributed by atoms with Crippen LogP contribution in [0.5, 0.6) is 5.75 Å². The molecule has 1 amide bonds. The quantitative estimate of drug-likeness (QED) is 0.568. The SMILES string of the molecule is CCc1ccccc1NC(=O)[C@@H]1Sc2nnc(CC)n2N[C@@H]1c1ccc(OC)c(Cl)c1. The second-order valence-corrected chi connectivity index (χ2v) is 8.64. The summed E-state index contributed by atoms with van der Waals surface area (Å²) in [7, 11) is 1.58. The van der Waals surface area contributed by atoms with E-state index in [0.717, 1.165) is 35.5 Å². The lowest BCUT2D eigenvalue weighted by Gasteiger charge is -2.33. The summed E-state index contributed by atoms with van der Waals surface area (Å²) in [5.74, 6) is 1.29. The first kappa shape index (κ1) is 21.5. The maximum absolute atomic E-state index is 13.4. The summed E-state index contributed by atoms with van der Waals surface area (Å²) in [5, 5.41) is 12.3. The van der Waals surface area contributed by atoms with E-state index < -0.39 is 5.25 Å². The minimum Gasteiger partial charge on any atom is -0.495 e. The highest BCUT2D eigenvalue weighted by molar-refractivity contribution is 8.00. The summed E-state index contributed by atoms with van der Waals surface area (Å²) in [5.41, 5.74) is 6.22. The smallest absolute Gasteiger partial charge is 0.240 e. The van der Waals surface area contributed by atoms with Crippen molar-refractivity contribution in [2.75, 3.05) is 17.9 Å². The number of amides is 1. The number of nitrogens with one attached hydrogen (secondary N) is 2. The van der Waals surface area contributed by atoms with Crippen LogP contribution in [0.15, 0.2) is 47.6 Å². The van der Waals surface area contributed by atoms with Crippen LogP contribution in [-0.2, 0) is 17.6 Å². The Morgan fingerprint density at radius 2 is 2.03 bits per heavy atom. The number of para-hydroxylation sites is 1. The molecular weight excluding hydrogens is 434 g/mol. The van der Waals surface area contributed by atoms with Gasteiger partial charge in [0.05, 0.1) is 18.2 Å². The van der Waals surface area contributed by atoms with E-state index in [-0.39, 0.29) is 11.9 Å². The molecule has 162 valence electrons. The summed E-state index contributed by atoms with van der Waals surface area (Å²) in [6.07, 6.45) is 1.55. The van der Waals surface area contributed by atoms with Gasteiger partial charge in [0.2, 0.25) is 11.1 Å². The van der Waals surface area contributed by atoms with Crippen LogP contribution < -0.4 is 15.5 Å². The summed E-state index contributed by atoms with van der Waals surface area (Å²) in [6, 6.07) is 13.1. The highest BCUT2D eigenvalue weighted by Crippen LogP contribution is 2.39. The third-order valence-electron chi connectivity index (χ3n) is 5.27. The number of hydrogen-bond donors (Lipinski definition) is 2. The van der Waals surface area contributed by atoms with Crippen molar-refractivity contribution in [2.45, 2.75) is 43.1 Å². The van der Waals surface area contributed by atoms with Gasteiger partial charge in [0.1, 0.15) is 11.0 Å². The number of methoxy groups -OCH3 is 1. The molecule has 1 aliphatic heterocycles. The van der Waals surface area contributed by atoms with Crippen LogP contribution in [0.4, 0.5) is 5.69 Å². The van der Waals surface area contributed by atoms with Gasteiger partial charge in [-0.3, -0.25) is 4.79 Å². The number of fused-ring (bicyclic) bond motifs is 1. The predicted octanol–water partition coefficient (Wildman–Crippen LogP) is 4.46. The fourth-order valence-corrected chi connectivity index (χ4v) is 4.97. The number of aryl methyl sites for hydroxylation is 2. The molecule has 1 aliphatic rings. The minimum atomic E-state index is -0.476. The molecule has 1 aromatic heterocycles. The molecule has 0 fully saturated rings. The van der Waals surface area contributed by atoms with Crippen molar-refractivity contribution < 1.29 is 9.53 Å². The Hall–Kier alpha value is -2.71. The Morgan fingerprint density at radius 3 is 2.74 bits per heavy atom. The second kappa shape index (κ2) is 9.20. The van der Waals surface area contributed by atoms with Gasteiger partial charge in [-0.25, -0.2) is 4.68 Å². The van der Waals surface area contributed by atoms with E-state index >= 15 is 0 Å². The van der Waals surface area contributed by atoms with E-state index in [1.54, 1.807) is 7.11 Å². The van der Waals surface area contributed by atoms with Crippen molar-refractivity contribution in [3.8, 4) is 5.75 Å². The van der Waals surface area contributed by atoms with E-state index in [0.29, 0.717) is 15.9 Å². The van der Waals surface area contributed by atoms with Crippen molar-refractivity contribution in [1.82, 2.24) is 14.9 Å². The Morgan fingerprint density at radius 1 is 1.23 bits per heavy atom. The Labute approximate surface area is 190 Å². The van der Waals surface area contributed by atoms with Crippen LogP contribution in [0.25, 0.3) is 0 Å². The van der Waals surface area contributed by atoms with Crippen LogP contribution in [0, 0.1) is 0 Å². The number of carbonyl (C=O) groups excluding carboxylic acids is 1. The predicted molar refractivity (Wildman–Crippen MR) is 124 cm³/mol. The fraction of sp³-hybridized carbons (Fsp3) is 0.318. The molecule has 0 saturated carbocycles. The number of anilines is 1. The molecule has 0 saturated heterocycles. The van der Waals surface area contributed by atoms with Crippen LogP contribution in [-0.4, -0.2) is 33.1 Å². The third kappa shape index (κ3) is 4.22. The highest BCUT2D eigenvalue weighted by atomic mass is 35.5. The molecule has 2 atom stereocenters. The maximum atomic E-state index is 13.4. The Kier molecular flexibility index (Phi) is 6.38. The van der Waals surface area contributed by atoms with E-state index in [9.17, 15) is 4.79 Å². The normalized spacial score (nSPS) is 17.5. The minimum absolute atomic E-state index is 0.109. The van der Waals surface area contributed by atoms with Gasteiger partial charge < -0.3 is 15.5 Å². The highest BCUT2D eigenvalue weighted by Gasteiger charge is 2.38. The van der Waals surface area contributed by atoms with E-state index in [2.05, 4.69) is 27.9 Å². The van der Waals surface area contributed by atoms with Gasteiger partial charge in [0.25, 0.3) is 0 Å². The van der Waals surface area contributed by atoms with E-state index in [4.69, 9.17) is 16.3 Å².